The van der Waals surface area contributed by atoms with Gasteiger partial charge in [0.05, 0.1) is 5.75 Å². The van der Waals surface area contributed by atoms with Crippen molar-refractivity contribution in [1.29, 1.82) is 0 Å². The van der Waals surface area contributed by atoms with Gasteiger partial charge in [-0.1, -0.05) is 19.8 Å². The van der Waals surface area contributed by atoms with Gasteiger partial charge < -0.3 is 1.43 Å². The monoisotopic (exact) mass is 160 g/mol. The molecule has 5 heteroatoms. The van der Waals surface area contributed by atoms with Crippen LogP contribution in [-0.2, 0) is 10.1 Å². The minimum absolute atomic E-state index is 0. The molecule has 0 unspecified atom stereocenters. The summed E-state index contributed by atoms with van der Waals surface area (Å²) in [5.41, 5.74) is 0. The van der Waals surface area contributed by atoms with E-state index >= 15 is 0 Å². The zero-order valence-electron chi connectivity index (χ0n) is 7.50. The van der Waals surface area contributed by atoms with Crippen LogP contribution in [-0.4, -0.2) is 18.7 Å². The second kappa shape index (κ2) is 6.23. The van der Waals surface area contributed by atoms with Crippen LogP contribution in [0, 0.1) is 0 Å². The fraction of sp³-hybridized carbons (Fsp3) is 1.00. The number of hydrogen-bond acceptors (Lipinski definition) is 2. The van der Waals surface area contributed by atoms with Gasteiger partial charge in [0, 0.05) is 0 Å². The number of rotatable bonds is 4. The van der Waals surface area contributed by atoms with Gasteiger partial charge in [-0.3, -0.25) is 4.55 Å². The predicted molar refractivity (Wildman–Crippen MR) is 37.1 cm³/mol. The van der Waals surface area contributed by atoms with Gasteiger partial charge in [0.2, 0.25) is 0 Å². The molecule has 0 radical (unpaired) electrons. The third-order valence-corrected chi connectivity index (χ3v) is 1.81. The molecular formula is C5H13LiO3S. The first-order valence-corrected chi connectivity index (χ1v) is 4.62. The van der Waals surface area contributed by atoms with Gasteiger partial charge in [0.1, 0.15) is 0 Å². The molecule has 0 fully saturated rings. The van der Waals surface area contributed by atoms with Gasteiger partial charge in [0.15, 0.2) is 0 Å². The van der Waals surface area contributed by atoms with Crippen molar-refractivity contribution < 1.29 is 33.3 Å². The largest absolute Gasteiger partial charge is 1.00 e. The van der Waals surface area contributed by atoms with Crippen molar-refractivity contribution in [3.63, 3.8) is 0 Å². The molecule has 0 saturated carbocycles. The standard InChI is InChI=1S/C5H12O3S.Li.H/c1-2-3-4-5-9(6,7)8;;/h2-5H2,1H3,(H,6,7,8);;/q;+1;-1. The van der Waals surface area contributed by atoms with Crippen LogP contribution in [0.3, 0.4) is 0 Å². The van der Waals surface area contributed by atoms with Gasteiger partial charge in [-0.2, -0.15) is 8.42 Å². The Morgan fingerprint density at radius 1 is 1.40 bits per heavy atom. The van der Waals surface area contributed by atoms with Crippen LogP contribution in [0.5, 0.6) is 0 Å². The summed E-state index contributed by atoms with van der Waals surface area (Å²) < 4.78 is 28.3. The van der Waals surface area contributed by atoms with Gasteiger partial charge >= 0.3 is 18.9 Å². The summed E-state index contributed by atoms with van der Waals surface area (Å²) >= 11 is 0. The van der Waals surface area contributed by atoms with Crippen LogP contribution in [0.15, 0.2) is 0 Å². The van der Waals surface area contributed by atoms with E-state index in [-0.39, 0.29) is 26.0 Å². The molecule has 0 aromatic carbocycles. The van der Waals surface area contributed by atoms with E-state index in [4.69, 9.17) is 4.55 Å². The summed E-state index contributed by atoms with van der Waals surface area (Å²) in [7, 11) is -3.70. The molecule has 0 spiro atoms. The average Bonchev–Trinajstić information content (AvgIpc) is 1.63. The average molecular weight is 160 g/mol. The molecule has 0 aliphatic rings. The molecule has 10 heavy (non-hydrogen) atoms. The van der Waals surface area contributed by atoms with Crippen LogP contribution in [0.1, 0.15) is 27.6 Å². The summed E-state index contributed by atoms with van der Waals surface area (Å²) in [4.78, 5) is 0. The van der Waals surface area contributed by atoms with Crippen molar-refractivity contribution in [2.75, 3.05) is 5.75 Å². The topological polar surface area (TPSA) is 54.4 Å². The van der Waals surface area contributed by atoms with E-state index in [1.54, 1.807) is 0 Å². The normalized spacial score (nSPS) is 10.6. The van der Waals surface area contributed by atoms with Crippen LogP contribution in [0.25, 0.3) is 0 Å². The van der Waals surface area contributed by atoms with E-state index in [0.29, 0.717) is 6.42 Å². The first kappa shape index (κ1) is 13.1. The zero-order valence-corrected chi connectivity index (χ0v) is 7.32. The first-order valence-electron chi connectivity index (χ1n) is 3.01. The van der Waals surface area contributed by atoms with E-state index < -0.39 is 10.1 Å². The molecular weight excluding hydrogens is 147 g/mol. The molecule has 0 aliphatic carbocycles. The Balaban J connectivity index is -0.000000320. The van der Waals surface area contributed by atoms with E-state index in [1.165, 1.54) is 0 Å². The molecule has 0 rings (SSSR count). The quantitative estimate of drug-likeness (QED) is 0.299. The molecule has 0 aromatic rings. The van der Waals surface area contributed by atoms with E-state index in [2.05, 4.69) is 0 Å². The Morgan fingerprint density at radius 3 is 2.20 bits per heavy atom. The maximum Gasteiger partial charge on any atom is 1.00 e. The minimum atomic E-state index is -3.70. The Morgan fingerprint density at radius 2 is 1.90 bits per heavy atom. The summed E-state index contributed by atoms with van der Waals surface area (Å²) in [6, 6.07) is 0. The van der Waals surface area contributed by atoms with E-state index in [9.17, 15) is 8.42 Å². The van der Waals surface area contributed by atoms with Crippen LogP contribution < -0.4 is 18.9 Å². The van der Waals surface area contributed by atoms with Crippen LogP contribution >= 0.6 is 0 Å². The van der Waals surface area contributed by atoms with Crippen molar-refractivity contribution in [2.45, 2.75) is 26.2 Å². The Bertz CT molecular complexity index is 157. The Labute approximate surface area is 75.6 Å². The van der Waals surface area contributed by atoms with Crippen molar-refractivity contribution >= 4 is 10.1 Å². The van der Waals surface area contributed by atoms with Crippen LogP contribution in [0.4, 0.5) is 0 Å². The van der Waals surface area contributed by atoms with Gasteiger partial charge in [0.25, 0.3) is 10.1 Å². The van der Waals surface area contributed by atoms with Gasteiger partial charge in [-0.25, -0.2) is 0 Å². The number of hydrogen-bond donors (Lipinski definition) is 1. The fourth-order valence-corrected chi connectivity index (χ4v) is 1.10. The fourth-order valence-electron chi connectivity index (χ4n) is 0.534. The predicted octanol–water partition coefficient (Wildman–Crippen LogP) is -1.82. The van der Waals surface area contributed by atoms with Crippen molar-refractivity contribution in [1.82, 2.24) is 0 Å². The molecule has 1 N–H and O–H groups in total. The van der Waals surface area contributed by atoms with Crippen molar-refractivity contribution in [3.8, 4) is 0 Å². The third kappa shape index (κ3) is 11.3. The second-order valence-corrected chi connectivity index (χ2v) is 3.57. The Hall–Kier alpha value is 0.507. The second-order valence-electron chi connectivity index (χ2n) is 1.99. The van der Waals surface area contributed by atoms with Gasteiger partial charge in [-0.05, 0) is 6.42 Å². The molecule has 0 amide bonds. The minimum Gasteiger partial charge on any atom is -1.00 e. The SMILES string of the molecule is CCCCCS(=O)(=O)O.[H-].[Li+]. The van der Waals surface area contributed by atoms with Crippen LogP contribution in [0.2, 0.25) is 0 Å². The van der Waals surface area contributed by atoms with E-state index in [1.807, 2.05) is 6.92 Å². The summed E-state index contributed by atoms with van der Waals surface area (Å²) in [6.45, 7) is 1.98. The van der Waals surface area contributed by atoms with Gasteiger partial charge in [-0.15, -0.1) is 0 Å². The molecule has 0 aliphatic heterocycles. The molecule has 0 heterocycles. The molecule has 0 aromatic heterocycles. The van der Waals surface area contributed by atoms with Crippen molar-refractivity contribution in [2.24, 2.45) is 0 Å². The smallest absolute Gasteiger partial charge is 1.00 e. The zero-order chi connectivity index (χ0) is 7.33. The Kier molecular flexibility index (Phi) is 8.18. The van der Waals surface area contributed by atoms with E-state index in [0.717, 1.165) is 12.8 Å². The molecule has 3 nitrogen and oxygen atoms in total. The third-order valence-electron chi connectivity index (χ3n) is 1.01. The molecule has 0 atom stereocenters. The summed E-state index contributed by atoms with van der Waals surface area (Å²) in [6.07, 6.45) is 2.39. The van der Waals surface area contributed by atoms with Crippen molar-refractivity contribution in [3.05, 3.63) is 0 Å². The molecule has 58 valence electrons. The first-order chi connectivity index (χ1) is 4.06. The number of unbranched alkanes of at least 4 members (excludes halogenated alkanes) is 2. The summed E-state index contributed by atoms with van der Waals surface area (Å²) in [5, 5.41) is 0. The molecule has 0 saturated heterocycles. The maximum atomic E-state index is 10.1. The molecule has 0 bridgehead atoms. The summed E-state index contributed by atoms with van der Waals surface area (Å²) in [5.74, 6) is -0.0964. The maximum absolute atomic E-state index is 10.1.